The zero-order valence-corrected chi connectivity index (χ0v) is 11.7. The van der Waals surface area contributed by atoms with E-state index in [2.05, 4.69) is 37.5 Å². The number of hydrogen-bond acceptors (Lipinski definition) is 2. The zero-order valence-electron chi connectivity index (χ0n) is 11.7. The van der Waals surface area contributed by atoms with E-state index in [-0.39, 0.29) is 5.54 Å². The van der Waals surface area contributed by atoms with Crippen LogP contribution in [0.2, 0.25) is 0 Å². The molecule has 98 valence electrons. The van der Waals surface area contributed by atoms with Crippen LogP contribution in [-0.4, -0.2) is 46.9 Å². The van der Waals surface area contributed by atoms with E-state index in [1.54, 1.807) is 0 Å². The van der Waals surface area contributed by atoms with Gasteiger partial charge in [0.2, 0.25) is 5.91 Å². The van der Waals surface area contributed by atoms with Gasteiger partial charge in [-0.05, 0) is 32.6 Å². The third-order valence-corrected chi connectivity index (χ3v) is 4.34. The van der Waals surface area contributed by atoms with Gasteiger partial charge in [0.1, 0.15) is 0 Å². The Labute approximate surface area is 105 Å². The first-order chi connectivity index (χ1) is 7.94. The summed E-state index contributed by atoms with van der Waals surface area (Å²) in [7, 11) is 0. The molecule has 0 radical (unpaired) electrons. The van der Waals surface area contributed by atoms with Crippen molar-refractivity contribution >= 4 is 5.91 Å². The van der Waals surface area contributed by atoms with Gasteiger partial charge in [0.25, 0.3) is 0 Å². The van der Waals surface area contributed by atoms with Gasteiger partial charge in [-0.15, -0.1) is 0 Å². The second-order valence-electron chi connectivity index (χ2n) is 6.45. The number of hydrogen-bond donors (Lipinski definition) is 0. The van der Waals surface area contributed by atoms with Gasteiger partial charge in [-0.2, -0.15) is 0 Å². The molecule has 3 nitrogen and oxygen atoms in total. The number of rotatable bonds is 4. The lowest BCUT2D eigenvalue weighted by molar-refractivity contribution is -0.169. The molecule has 1 spiro atoms. The summed E-state index contributed by atoms with van der Waals surface area (Å²) in [5.41, 5.74) is 0.234. The molecular weight excluding hydrogens is 212 g/mol. The van der Waals surface area contributed by atoms with Crippen LogP contribution in [0.4, 0.5) is 0 Å². The minimum Gasteiger partial charge on any atom is -0.334 e. The van der Waals surface area contributed by atoms with Crippen LogP contribution in [0.25, 0.3) is 0 Å². The van der Waals surface area contributed by atoms with E-state index in [9.17, 15) is 4.79 Å². The highest BCUT2D eigenvalue weighted by atomic mass is 16.2. The average molecular weight is 238 g/mol. The Kier molecular flexibility index (Phi) is 3.48. The molecule has 3 heteroatoms. The van der Waals surface area contributed by atoms with E-state index in [1.807, 2.05) is 0 Å². The summed E-state index contributed by atoms with van der Waals surface area (Å²) < 4.78 is 0. The summed E-state index contributed by atoms with van der Waals surface area (Å²) in [5.74, 6) is 1.01. The fraction of sp³-hybridized carbons (Fsp3) is 0.929. The lowest BCUT2D eigenvalue weighted by Crippen LogP contribution is -2.78. The topological polar surface area (TPSA) is 23.6 Å². The van der Waals surface area contributed by atoms with Gasteiger partial charge in [0, 0.05) is 32.1 Å². The van der Waals surface area contributed by atoms with Gasteiger partial charge in [0.15, 0.2) is 0 Å². The third-order valence-electron chi connectivity index (χ3n) is 4.34. The molecule has 0 aliphatic carbocycles. The van der Waals surface area contributed by atoms with Crippen molar-refractivity contribution in [3.63, 3.8) is 0 Å². The van der Waals surface area contributed by atoms with Crippen LogP contribution in [0.1, 0.15) is 47.0 Å². The third kappa shape index (κ3) is 2.35. The van der Waals surface area contributed by atoms with Gasteiger partial charge in [-0.1, -0.05) is 13.8 Å². The van der Waals surface area contributed by atoms with Crippen molar-refractivity contribution in [2.24, 2.45) is 5.92 Å². The highest BCUT2D eigenvalue weighted by Gasteiger charge is 2.55. The minimum absolute atomic E-state index is 0.234. The SMILES string of the molecule is CC(C)CCC(=O)N1CCC12CN(C(C)C)C2. The molecule has 0 atom stereocenters. The Morgan fingerprint density at radius 3 is 2.29 bits per heavy atom. The molecule has 0 unspecified atom stereocenters. The van der Waals surface area contributed by atoms with Crippen molar-refractivity contribution in [3.05, 3.63) is 0 Å². The largest absolute Gasteiger partial charge is 0.334 e. The van der Waals surface area contributed by atoms with E-state index >= 15 is 0 Å². The molecule has 2 aliphatic rings. The fourth-order valence-electron chi connectivity index (χ4n) is 2.88. The van der Waals surface area contributed by atoms with Crippen molar-refractivity contribution in [1.82, 2.24) is 9.80 Å². The predicted molar refractivity (Wildman–Crippen MR) is 69.8 cm³/mol. The molecule has 0 N–H and O–H groups in total. The standard InChI is InChI=1S/C14H26N2O/c1-11(2)5-6-13(17)16-8-7-14(16)9-15(10-14)12(3)4/h11-12H,5-10H2,1-4H3. The molecule has 0 saturated carbocycles. The van der Waals surface area contributed by atoms with E-state index in [4.69, 9.17) is 0 Å². The van der Waals surface area contributed by atoms with Gasteiger partial charge in [0.05, 0.1) is 5.54 Å². The van der Waals surface area contributed by atoms with Crippen molar-refractivity contribution in [1.29, 1.82) is 0 Å². The van der Waals surface area contributed by atoms with Crippen LogP contribution < -0.4 is 0 Å². The highest BCUT2D eigenvalue weighted by molar-refractivity contribution is 5.78. The number of carbonyl (C=O) groups is 1. The fourth-order valence-corrected chi connectivity index (χ4v) is 2.88. The maximum Gasteiger partial charge on any atom is 0.223 e. The van der Waals surface area contributed by atoms with Gasteiger partial charge < -0.3 is 4.90 Å². The summed E-state index contributed by atoms with van der Waals surface area (Å²) in [5, 5.41) is 0. The summed E-state index contributed by atoms with van der Waals surface area (Å²) in [4.78, 5) is 16.7. The van der Waals surface area contributed by atoms with Crippen LogP contribution in [0, 0.1) is 5.92 Å². The van der Waals surface area contributed by atoms with Gasteiger partial charge >= 0.3 is 0 Å². The molecule has 1 amide bonds. The summed E-state index contributed by atoms with van der Waals surface area (Å²) >= 11 is 0. The predicted octanol–water partition coefficient (Wildman–Crippen LogP) is 2.12. The Morgan fingerprint density at radius 1 is 1.24 bits per heavy atom. The maximum absolute atomic E-state index is 12.1. The Balaban J connectivity index is 1.82. The van der Waals surface area contributed by atoms with Gasteiger partial charge in [-0.25, -0.2) is 0 Å². The van der Waals surface area contributed by atoms with Crippen molar-refractivity contribution < 1.29 is 4.79 Å². The lowest BCUT2D eigenvalue weighted by atomic mass is 9.76. The minimum atomic E-state index is 0.234. The number of carbonyl (C=O) groups excluding carboxylic acids is 1. The summed E-state index contributed by atoms with van der Waals surface area (Å²) in [6.07, 6.45) is 2.98. The molecule has 17 heavy (non-hydrogen) atoms. The molecule has 2 heterocycles. The van der Waals surface area contributed by atoms with Crippen LogP contribution in [-0.2, 0) is 4.79 Å². The lowest BCUT2D eigenvalue weighted by Gasteiger charge is -2.63. The van der Waals surface area contributed by atoms with E-state index < -0.39 is 0 Å². The molecule has 0 aromatic heterocycles. The smallest absolute Gasteiger partial charge is 0.223 e. The van der Waals surface area contributed by atoms with Crippen LogP contribution in [0.5, 0.6) is 0 Å². The first kappa shape index (κ1) is 12.9. The number of nitrogens with zero attached hydrogens (tertiary/aromatic N) is 2. The van der Waals surface area contributed by atoms with Crippen LogP contribution in [0.15, 0.2) is 0 Å². The molecule has 2 fully saturated rings. The second-order valence-corrected chi connectivity index (χ2v) is 6.45. The first-order valence-electron chi connectivity index (χ1n) is 6.99. The van der Waals surface area contributed by atoms with E-state index in [1.165, 1.54) is 6.42 Å². The van der Waals surface area contributed by atoms with Crippen molar-refractivity contribution in [2.45, 2.75) is 58.5 Å². The molecular formula is C14H26N2O. The van der Waals surface area contributed by atoms with Crippen molar-refractivity contribution in [2.75, 3.05) is 19.6 Å². The molecule has 2 aliphatic heterocycles. The second kappa shape index (κ2) is 4.60. The molecule has 2 rings (SSSR count). The maximum atomic E-state index is 12.1. The molecule has 0 aromatic rings. The number of amides is 1. The monoisotopic (exact) mass is 238 g/mol. The Bertz CT molecular complexity index is 293. The molecule has 0 bridgehead atoms. The highest BCUT2D eigenvalue weighted by Crippen LogP contribution is 2.40. The Morgan fingerprint density at radius 2 is 1.88 bits per heavy atom. The van der Waals surface area contributed by atoms with Crippen molar-refractivity contribution in [3.8, 4) is 0 Å². The van der Waals surface area contributed by atoms with Crippen LogP contribution in [0.3, 0.4) is 0 Å². The molecule has 0 aromatic carbocycles. The van der Waals surface area contributed by atoms with Gasteiger partial charge in [-0.3, -0.25) is 9.69 Å². The first-order valence-corrected chi connectivity index (χ1v) is 6.99. The van der Waals surface area contributed by atoms with E-state index in [0.29, 0.717) is 17.9 Å². The van der Waals surface area contributed by atoms with E-state index in [0.717, 1.165) is 32.5 Å². The summed E-state index contributed by atoms with van der Waals surface area (Å²) in [6, 6.07) is 0.619. The number of likely N-dealkylation sites (tertiary alicyclic amines) is 2. The van der Waals surface area contributed by atoms with Crippen LogP contribution >= 0.6 is 0 Å². The average Bonchev–Trinajstić information content (AvgIpc) is 2.10. The summed E-state index contributed by atoms with van der Waals surface area (Å²) in [6.45, 7) is 12.0. The molecule has 2 saturated heterocycles. The zero-order chi connectivity index (χ0) is 12.6. The quantitative estimate of drug-likeness (QED) is 0.749. The normalized spacial score (nSPS) is 23.1. The Hall–Kier alpha value is -0.570.